The van der Waals surface area contributed by atoms with Crippen molar-refractivity contribution in [2.45, 2.75) is 26.6 Å². The molecule has 21 heavy (non-hydrogen) atoms. The van der Waals surface area contributed by atoms with Gasteiger partial charge < -0.3 is 15.3 Å². The SMILES string of the molecule is CC(C)OCC(N)=NOCc1c(Cl)ccc2cccnc12. The number of pyridine rings is 1. The molecule has 1 aromatic carbocycles. The molecule has 1 heterocycles. The van der Waals surface area contributed by atoms with Crippen LogP contribution in [0.5, 0.6) is 0 Å². The van der Waals surface area contributed by atoms with Gasteiger partial charge >= 0.3 is 0 Å². The number of ether oxygens (including phenoxy) is 1. The zero-order chi connectivity index (χ0) is 15.2. The third kappa shape index (κ3) is 4.31. The summed E-state index contributed by atoms with van der Waals surface area (Å²) in [7, 11) is 0. The third-order valence-corrected chi connectivity index (χ3v) is 3.13. The molecule has 0 aliphatic carbocycles. The molecule has 0 fully saturated rings. The molecule has 0 aliphatic rings. The second-order valence-corrected chi connectivity index (χ2v) is 5.22. The van der Waals surface area contributed by atoms with E-state index >= 15 is 0 Å². The molecular weight excluding hydrogens is 290 g/mol. The van der Waals surface area contributed by atoms with Crippen LogP contribution in [-0.2, 0) is 16.2 Å². The maximum atomic E-state index is 6.20. The Morgan fingerprint density at radius 3 is 2.95 bits per heavy atom. The van der Waals surface area contributed by atoms with Gasteiger partial charge in [0.25, 0.3) is 0 Å². The van der Waals surface area contributed by atoms with Crippen LogP contribution in [-0.4, -0.2) is 23.5 Å². The predicted octanol–water partition coefficient (Wildman–Crippen LogP) is 3.10. The first-order valence-electron chi connectivity index (χ1n) is 6.66. The normalized spacial score (nSPS) is 12.1. The Morgan fingerprint density at radius 1 is 1.38 bits per heavy atom. The van der Waals surface area contributed by atoms with E-state index in [4.69, 9.17) is 26.9 Å². The Hall–Kier alpha value is -1.85. The average Bonchev–Trinajstić information content (AvgIpc) is 2.47. The third-order valence-electron chi connectivity index (χ3n) is 2.78. The standard InChI is InChI=1S/C15H18ClN3O2/c1-10(2)20-9-14(17)19-21-8-12-13(16)6-5-11-4-3-7-18-15(11)12/h3-7,10H,8-9H2,1-2H3,(H2,17,19). The van der Waals surface area contributed by atoms with Crippen molar-refractivity contribution in [3.63, 3.8) is 0 Å². The molecule has 0 saturated heterocycles. The molecule has 5 nitrogen and oxygen atoms in total. The number of hydrogen-bond donors (Lipinski definition) is 1. The minimum Gasteiger partial charge on any atom is -0.389 e. The van der Waals surface area contributed by atoms with Crippen LogP contribution in [0.15, 0.2) is 35.6 Å². The molecule has 0 spiro atoms. The first-order chi connectivity index (χ1) is 10.1. The summed E-state index contributed by atoms with van der Waals surface area (Å²) >= 11 is 6.20. The summed E-state index contributed by atoms with van der Waals surface area (Å²) in [6.07, 6.45) is 1.81. The maximum Gasteiger partial charge on any atom is 0.165 e. The quantitative estimate of drug-likeness (QED) is 0.506. The van der Waals surface area contributed by atoms with Gasteiger partial charge in [0, 0.05) is 22.2 Å². The molecule has 2 N–H and O–H groups in total. The van der Waals surface area contributed by atoms with Crippen LogP contribution in [0.1, 0.15) is 19.4 Å². The first kappa shape index (κ1) is 15.5. The monoisotopic (exact) mass is 307 g/mol. The smallest absolute Gasteiger partial charge is 0.165 e. The number of amidine groups is 1. The number of oxime groups is 1. The topological polar surface area (TPSA) is 69.7 Å². The molecule has 0 unspecified atom stereocenters. The van der Waals surface area contributed by atoms with Crippen molar-refractivity contribution in [2.75, 3.05) is 6.61 Å². The zero-order valence-corrected chi connectivity index (χ0v) is 12.8. The maximum absolute atomic E-state index is 6.20. The molecule has 112 valence electrons. The van der Waals surface area contributed by atoms with E-state index in [1.807, 2.05) is 38.1 Å². The Balaban J connectivity index is 2.06. The minimum atomic E-state index is 0.0930. The molecule has 6 heteroatoms. The predicted molar refractivity (Wildman–Crippen MR) is 84.3 cm³/mol. The van der Waals surface area contributed by atoms with Gasteiger partial charge in [0.05, 0.1) is 11.6 Å². The van der Waals surface area contributed by atoms with E-state index in [2.05, 4.69) is 10.1 Å². The van der Waals surface area contributed by atoms with Gasteiger partial charge in [-0.25, -0.2) is 0 Å². The largest absolute Gasteiger partial charge is 0.389 e. The first-order valence-corrected chi connectivity index (χ1v) is 7.03. The van der Waals surface area contributed by atoms with E-state index in [-0.39, 0.29) is 25.2 Å². The number of benzene rings is 1. The highest BCUT2D eigenvalue weighted by atomic mass is 35.5. The lowest BCUT2D eigenvalue weighted by Crippen LogP contribution is -2.21. The van der Waals surface area contributed by atoms with Crippen LogP contribution < -0.4 is 5.73 Å². The lowest BCUT2D eigenvalue weighted by atomic mass is 10.1. The number of hydrogen-bond acceptors (Lipinski definition) is 4. The Bertz CT molecular complexity index is 644. The molecule has 2 rings (SSSR count). The lowest BCUT2D eigenvalue weighted by Gasteiger charge is -2.08. The Morgan fingerprint density at radius 2 is 2.19 bits per heavy atom. The van der Waals surface area contributed by atoms with Gasteiger partial charge in [0.1, 0.15) is 13.2 Å². The number of nitrogens with two attached hydrogens (primary N) is 1. The summed E-state index contributed by atoms with van der Waals surface area (Å²) in [5.41, 5.74) is 7.28. The van der Waals surface area contributed by atoms with Crippen LogP contribution in [0.25, 0.3) is 10.9 Å². The van der Waals surface area contributed by atoms with Crippen molar-refractivity contribution < 1.29 is 9.57 Å². The van der Waals surface area contributed by atoms with Crippen molar-refractivity contribution in [1.29, 1.82) is 0 Å². The lowest BCUT2D eigenvalue weighted by molar-refractivity contribution is 0.0989. The second-order valence-electron chi connectivity index (χ2n) is 4.82. The average molecular weight is 308 g/mol. The fourth-order valence-corrected chi connectivity index (χ4v) is 1.98. The van der Waals surface area contributed by atoms with Crippen LogP contribution in [0.4, 0.5) is 0 Å². The molecule has 1 aromatic heterocycles. The van der Waals surface area contributed by atoms with E-state index < -0.39 is 0 Å². The van der Waals surface area contributed by atoms with Crippen LogP contribution in [0, 0.1) is 0 Å². The molecule has 2 aromatic rings. The number of rotatable bonds is 6. The van der Waals surface area contributed by atoms with E-state index in [1.54, 1.807) is 6.20 Å². The number of fused-ring (bicyclic) bond motifs is 1. The van der Waals surface area contributed by atoms with Crippen LogP contribution in [0.3, 0.4) is 0 Å². The van der Waals surface area contributed by atoms with Crippen molar-refractivity contribution >= 4 is 28.3 Å². The molecule has 0 radical (unpaired) electrons. The highest BCUT2D eigenvalue weighted by Crippen LogP contribution is 2.25. The van der Waals surface area contributed by atoms with Crippen molar-refractivity contribution in [1.82, 2.24) is 4.98 Å². The van der Waals surface area contributed by atoms with Gasteiger partial charge in [-0.2, -0.15) is 0 Å². The minimum absolute atomic E-state index is 0.0930. The highest BCUT2D eigenvalue weighted by Gasteiger charge is 2.08. The summed E-state index contributed by atoms with van der Waals surface area (Å²) < 4.78 is 5.33. The fraction of sp³-hybridized carbons (Fsp3) is 0.333. The van der Waals surface area contributed by atoms with Gasteiger partial charge in [-0.1, -0.05) is 28.9 Å². The summed E-state index contributed by atoms with van der Waals surface area (Å²) in [6, 6.07) is 7.58. The summed E-state index contributed by atoms with van der Waals surface area (Å²) in [5, 5.41) is 5.41. The molecule has 0 atom stereocenters. The van der Waals surface area contributed by atoms with Crippen molar-refractivity contribution in [2.24, 2.45) is 10.9 Å². The molecule has 0 amide bonds. The fourth-order valence-electron chi connectivity index (χ4n) is 1.78. The van der Waals surface area contributed by atoms with Gasteiger partial charge in [-0.15, -0.1) is 0 Å². The summed E-state index contributed by atoms with van der Waals surface area (Å²) in [5.74, 6) is 0.285. The molecule has 0 saturated carbocycles. The van der Waals surface area contributed by atoms with E-state index in [0.717, 1.165) is 16.5 Å². The number of nitrogens with zero attached hydrogens (tertiary/aromatic N) is 2. The highest BCUT2D eigenvalue weighted by molar-refractivity contribution is 6.32. The number of halogens is 1. The Kier molecular flexibility index (Phi) is 5.36. The van der Waals surface area contributed by atoms with Crippen molar-refractivity contribution in [3.05, 3.63) is 41.0 Å². The zero-order valence-electron chi connectivity index (χ0n) is 12.0. The van der Waals surface area contributed by atoms with Crippen LogP contribution in [0.2, 0.25) is 5.02 Å². The van der Waals surface area contributed by atoms with Gasteiger partial charge in [-0.3, -0.25) is 4.98 Å². The van der Waals surface area contributed by atoms with Gasteiger partial charge in [-0.05, 0) is 26.0 Å². The van der Waals surface area contributed by atoms with Gasteiger partial charge in [0.2, 0.25) is 0 Å². The molecule has 0 bridgehead atoms. The number of aromatic nitrogens is 1. The van der Waals surface area contributed by atoms with E-state index in [1.165, 1.54) is 0 Å². The molecule has 0 aliphatic heterocycles. The van der Waals surface area contributed by atoms with E-state index in [9.17, 15) is 0 Å². The Labute approximate surface area is 128 Å². The van der Waals surface area contributed by atoms with Crippen LogP contribution >= 0.6 is 11.6 Å². The summed E-state index contributed by atoms with van der Waals surface area (Å²) in [6.45, 7) is 4.29. The second kappa shape index (κ2) is 7.24. The molecular formula is C15H18ClN3O2. The summed E-state index contributed by atoms with van der Waals surface area (Å²) in [4.78, 5) is 9.59. The van der Waals surface area contributed by atoms with Gasteiger partial charge in [0.15, 0.2) is 5.84 Å². The van der Waals surface area contributed by atoms with E-state index in [0.29, 0.717) is 5.02 Å². The van der Waals surface area contributed by atoms with Crippen molar-refractivity contribution in [3.8, 4) is 0 Å².